The number of rotatable bonds is 8. The number of urea groups is 1. The van der Waals surface area contributed by atoms with Gasteiger partial charge in [0.25, 0.3) is 0 Å². The predicted octanol–water partition coefficient (Wildman–Crippen LogP) is 2.47. The number of hydrogen-bond acceptors (Lipinski definition) is 3. The maximum atomic E-state index is 11.6. The van der Waals surface area contributed by atoms with Gasteiger partial charge in [0, 0.05) is 24.7 Å². The maximum absolute atomic E-state index is 11.6. The van der Waals surface area contributed by atoms with Crippen LogP contribution in [0.5, 0.6) is 0 Å². The number of hydrogen-bond donors (Lipinski definition) is 4. The molecule has 5 nitrogen and oxygen atoms in total. The molecule has 4 N–H and O–H groups in total. The first-order valence-corrected chi connectivity index (χ1v) is 7.78. The fourth-order valence-corrected chi connectivity index (χ4v) is 2.03. The lowest BCUT2D eigenvalue weighted by molar-refractivity contribution is 0.147. The molecule has 0 saturated heterocycles. The molecule has 0 spiro atoms. The summed E-state index contributed by atoms with van der Waals surface area (Å²) in [7, 11) is 0. The zero-order valence-electron chi connectivity index (χ0n) is 13.1. The van der Waals surface area contributed by atoms with E-state index in [1.54, 1.807) is 24.3 Å². The smallest absolute Gasteiger partial charge is 0.314 e. The van der Waals surface area contributed by atoms with Crippen molar-refractivity contribution in [1.82, 2.24) is 10.6 Å². The number of halogens is 1. The van der Waals surface area contributed by atoms with Gasteiger partial charge in [-0.15, -0.1) is 0 Å². The third-order valence-electron chi connectivity index (χ3n) is 3.45. The Morgan fingerprint density at radius 3 is 2.50 bits per heavy atom. The highest BCUT2D eigenvalue weighted by Gasteiger charge is 2.15. The fourth-order valence-electron chi connectivity index (χ4n) is 1.90. The van der Waals surface area contributed by atoms with Gasteiger partial charge in [-0.25, -0.2) is 4.79 Å². The summed E-state index contributed by atoms with van der Waals surface area (Å²) >= 11 is 5.78. The van der Waals surface area contributed by atoms with Crippen LogP contribution in [0.1, 0.15) is 38.4 Å². The summed E-state index contributed by atoms with van der Waals surface area (Å²) in [5.74, 6) is 0. The van der Waals surface area contributed by atoms with Gasteiger partial charge in [0.05, 0.1) is 6.10 Å². The Labute approximate surface area is 136 Å². The second kappa shape index (κ2) is 8.98. The lowest BCUT2D eigenvalue weighted by Gasteiger charge is -2.21. The molecule has 2 amide bonds. The van der Waals surface area contributed by atoms with Crippen LogP contribution >= 0.6 is 11.6 Å². The molecule has 0 radical (unpaired) electrons. The average Bonchev–Trinajstić information content (AvgIpc) is 2.50. The molecule has 6 heteroatoms. The minimum absolute atomic E-state index is 0.122. The summed E-state index contributed by atoms with van der Waals surface area (Å²) in [4.78, 5) is 11.6. The van der Waals surface area contributed by atoms with Gasteiger partial charge in [0.1, 0.15) is 0 Å². The van der Waals surface area contributed by atoms with Crippen LogP contribution in [0, 0.1) is 5.41 Å². The zero-order chi connectivity index (χ0) is 16.6. The van der Waals surface area contributed by atoms with Crippen LogP contribution in [0.2, 0.25) is 5.02 Å². The number of benzene rings is 1. The van der Waals surface area contributed by atoms with Gasteiger partial charge in [-0.3, -0.25) is 0 Å². The van der Waals surface area contributed by atoms with E-state index in [0.717, 1.165) is 12.8 Å². The highest BCUT2D eigenvalue weighted by Crippen LogP contribution is 2.20. The standard InChI is InChI=1S/C16H25ClN2O3/c1-16(2,11-20)8-3-9-18-15(22)19-10-14(21)12-4-6-13(17)7-5-12/h4-7,14,20-21H,3,8-11H2,1-2H3,(H2,18,19,22). The number of aliphatic hydroxyl groups is 2. The van der Waals surface area contributed by atoms with Gasteiger partial charge in [0.2, 0.25) is 0 Å². The van der Waals surface area contributed by atoms with E-state index in [2.05, 4.69) is 10.6 Å². The normalized spacial score (nSPS) is 12.8. The Kier molecular flexibility index (Phi) is 7.65. The van der Waals surface area contributed by atoms with E-state index in [0.29, 0.717) is 17.1 Å². The largest absolute Gasteiger partial charge is 0.396 e. The first-order valence-electron chi connectivity index (χ1n) is 7.40. The van der Waals surface area contributed by atoms with Gasteiger partial charge in [-0.05, 0) is 36.0 Å². The van der Waals surface area contributed by atoms with Gasteiger partial charge >= 0.3 is 6.03 Å². The minimum atomic E-state index is -0.767. The third kappa shape index (κ3) is 7.11. The molecule has 1 unspecified atom stereocenters. The van der Waals surface area contributed by atoms with Gasteiger partial charge in [-0.1, -0.05) is 37.6 Å². The Morgan fingerprint density at radius 1 is 1.27 bits per heavy atom. The topological polar surface area (TPSA) is 81.6 Å². The van der Waals surface area contributed by atoms with Crippen molar-refractivity contribution in [2.24, 2.45) is 5.41 Å². The Morgan fingerprint density at radius 2 is 1.91 bits per heavy atom. The highest BCUT2D eigenvalue weighted by molar-refractivity contribution is 6.30. The number of amides is 2. The third-order valence-corrected chi connectivity index (χ3v) is 3.71. The molecule has 0 aliphatic heterocycles. The molecule has 1 atom stereocenters. The van der Waals surface area contributed by atoms with Crippen molar-refractivity contribution < 1.29 is 15.0 Å². The van der Waals surface area contributed by atoms with Crippen LogP contribution in [0.15, 0.2) is 24.3 Å². The van der Waals surface area contributed by atoms with Crippen molar-refractivity contribution >= 4 is 17.6 Å². The molecule has 0 aliphatic rings. The second-order valence-electron chi connectivity index (χ2n) is 6.13. The molecule has 0 fully saturated rings. The summed E-state index contributed by atoms with van der Waals surface area (Å²) in [6.07, 6.45) is 0.856. The molecular formula is C16H25ClN2O3. The van der Waals surface area contributed by atoms with E-state index >= 15 is 0 Å². The maximum Gasteiger partial charge on any atom is 0.314 e. The number of carbonyl (C=O) groups is 1. The van der Waals surface area contributed by atoms with E-state index in [9.17, 15) is 9.90 Å². The molecule has 0 aromatic heterocycles. The molecule has 1 aromatic rings. The highest BCUT2D eigenvalue weighted by atomic mass is 35.5. The van der Waals surface area contributed by atoms with Crippen LogP contribution in [-0.4, -0.2) is 35.9 Å². The van der Waals surface area contributed by atoms with E-state index in [1.807, 2.05) is 13.8 Å². The molecule has 0 saturated carbocycles. The lowest BCUT2D eigenvalue weighted by Crippen LogP contribution is -2.38. The molecule has 0 bridgehead atoms. The van der Waals surface area contributed by atoms with Crippen molar-refractivity contribution in [3.05, 3.63) is 34.9 Å². The minimum Gasteiger partial charge on any atom is -0.396 e. The van der Waals surface area contributed by atoms with Crippen molar-refractivity contribution in [2.75, 3.05) is 19.7 Å². The quantitative estimate of drug-likeness (QED) is 0.553. The van der Waals surface area contributed by atoms with Crippen LogP contribution < -0.4 is 10.6 Å². The van der Waals surface area contributed by atoms with Crippen LogP contribution in [0.25, 0.3) is 0 Å². The first-order chi connectivity index (χ1) is 10.3. The van der Waals surface area contributed by atoms with E-state index in [4.69, 9.17) is 16.7 Å². The van der Waals surface area contributed by atoms with Crippen molar-refractivity contribution in [2.45, 2.75) is 32.8 Å². The fraction of sp³-hybridized carbons (Fsp3) is 0.562. The molecule has 0 aliphatic carbocycles. The van der Waals surface area contributed by atoms with Crippen molar-refractivity contribution in [3.8, 4) is 0 Å². The molecule has 1 aromatic carbocycles. The van der Waals surface area contributed by atoms with Gasteiger partial charge in [0.15, 0.2) is 0 Å². The number of nitrogens with one attached hydrogen (secondary N) is 2. The lowest BCUT2D eigenvalue weighted by atomic mass is 9.89. The Bertz CT molecular complexity index is 463. The predicted molar refractivity (Wildman–Crippen MR) is 87.9 cm³/mol. The molecular weight excluding hydrogens is 304 g/mol. The Balaban J connectivity index is 2.21. The van der Waals surface area contributed by atoms with Crippen LogP contribution in [0.3, 0.4) is 0 Å². The summed E-state index contributed by atoms with van der Waals surface area (Å²) in [5.41, 5.74) is 0.581. The molecule has 0 heterocycles. The van der Waals surface area contributed by atoms with Crippen LogP contribution in [0.4, 0.5) is 4.79 Å². The molecule has 22 heavy (non-hydrogen) atoms. The van der Waals surface area contributed by atoms with E-state index < -0.39 is 6.10 Å². The van der Waals surface area contributed by atoms with Gasteiger partial charge < -0.3 is 20.8 Å². The summed E-state index contributed by atoms with van der Waals surface area (Å²) in [5, 5.41) is 25.1. The van der Waals surface area contributed by atoms with Crippen molar-refractivity contribution in [1.29, 1.82) is 0 Å². The van der Waals surface area contributed by atoms with E-state index in [1.165, 1.54) is 0 Å². The Hall–Kier alpha value is -1.30. The van der Waals surface area contributed by atoms with Gasteiger partial charge in [-0.2, -0.15) is 0 Å². The monoisotopic (exact) mass is 328 g/mol. The second-order valence-corrected chi connectivity index (χ2v) is 6.57. The summed E-state index contributed by atoms with van der Waals surface area (Å²) in [6.45, 7) is 4.76. The summed E-state index contributed by atoms with van der Waals surface area (Å²) in [6, 6.07) is 6.54. The summed E-state index contributed by atoms with van der Waals surface area (Å²) < 4.78 is 0. The number of aliphatic hydroxyl groups excluding tert-OH is 2. The average molecular weight is 329 g/mol. The number of carbonyl (C=O) groups excluding carboxylic acids is 1. The first kappa shape index (κ1) is 18.7. The zero-order valence-corrected chi connectivity index (χ0v) is 13.9. The van der Waals surface area contributed by atoms with Crippen molar-refractivity contribution in [3.63, 3.8) is 0 Å². The van der Waals surface area contributed by atoms with Crippen LogP contribution in [-0.2, 0) is 0 Å². The molecule has 1 rings (SSSR count). The molecule has 124 valence electrons. The van der Waals surface area contributed by atoms with E-state index in [-0.39, 0.29) is 24.6 Å². The SMILES string of the molecule is CC(C)(CO)CCCNC(=O)NCC(O)c1ccc(Cl)cc1.